The Hall–Kier alpha value is -2.33. The zero-order valence-corrected chi connectivity index (χ0v) is 13.1. The van der Waals surface area contributed by atoms with Gasteiger partial charge < -0.3 is 10.1 Å². The summed E-state index contributed by atoms with van der Waals surface area (Å²) in [6.45, 7) is 3.50. The molecule has 0 bridgehead atoms. The molecule has 114 valence electrons. The summed E-state index contributed by atoms with van der Waals surface area (Å²) in [7, 11) is 0. The van der Waals surface area contributed by atoms with Crippen molar-refractivity contribution in [2.24, 2.45) is 0 Å². The summed E-state index contributed by atoms with van der Waals surface area (Å²) in [6.07, 6.45) is 0. The predicted molar refractivity (Wildman–Crippen MR) is 86.3 cm³/mol. The van der Waals surface area contributed by atoms with Gasteiger partial charge in [-0.2, -0.15) is 0 Å². The second-order valence-electron chi connectivity index (χ2n) is 4.95. The number of amides is 1. The number of esters is 1. The normalized spacial score (nSPS) is 10.1. The Labute approximate surface area is 134 Å². The van der Waals surface area contributed by atoms with Crippen LogP contribution in [0.2, 0.25) is 5.02 Å². The average Bonchev–Trinajstić information content (AvgIpc) is 2.49. The van der Waals surface area contributed by atoms with Gasteiger partial charge in [0.2, 0.25) is 0 Å². The van der Waals surface area contributed by atoms with Gasteiger partial charge in [-0.25, -0.2) is 4.79 Å². The fraction of sp³-hybridized carbons (Fsp3) is 0.176. The number of ether oxygens (including phenoxy) is 1. The molecule has 0 aliphatic heterocycles. The lowest BCUT2D eigenvalue weighted by molar-refractivity contribution is -0.119. The maximum Gasteiger partial charge on any atom is 0.338 e. The Morgan fingerprint density at radius 3 is 2.45 bits per heavy atom. The molecule has 0 aliphatic rings. The Balaban J connectivity index is 1.91. The van der Waals surface area contributed by atoms with E-state index in [0.29, 0.717) is 16.3 Å². The summed E-state index contributed by atoms with van der Waals surface area (Å²) in [6, 6.07) is 12.0. The van der Waals surface area contributed by atoms with Crippen LogP contribution in [0.4, 0.5) is 5.69 Å². The van der Waals surface area contributed by atoms with E-state index in [1.807, 2.05) is 32.0 Å². The van der Waals surface area contributed by atoms with Crippen molar-refractivity contribution in [3.8, 4) is 0 Å². The van der Waals surface area contributed by atoms with Gasteiger partial charge >= 0.3 is 5.97 Å². The van der Waals surface area contributed by atoms with Crippen molar-refractivity contribution >= 4 is 29.2 Å². The van der Waals surface area contributed by atoms with Crippen LogP contribution < -0.4 is 5.32 Å². The molecule has 0 spiro atoms. The summed E-state index contributed by atoms with van der Waals surface area (Å²) >= 11 is 5.75. The number of anilines is 1. The van der Waals surface area contributed by atoms with Gasteiger partial charge in [-0.3, -0.25) is 4.79 Å². The second-order valence-corrected chi connectivity index (χ2v) is 5.39. The van der Waals surface area contributed by atoms with Gasteiger partial charge in [0.05, 0.1) is 5.56 Å². The molecule has 0 aromatic heterocycles. The quantitative estimate of drug-likeness (QED) is 0.874. The van der Waals surface area contributed by atoms with E-state index < -0.39 is 5.97 Å². The number of hydrogen-bond donors (Lipinski definition) is 1. The van der Waals surface area contributed by atoms with Gasteiger partial charge in [0, 0.05) is 10.7 Å². The van der Waals surface area contributed by atoms with E-state index in [2.05, 4.69) is 5.32 Å². The van der Waals surface area contributed by atoms with Crippen LogP contribution >= 0.6 is 11.6 Å². The molecule has 0 atom stereocenters. The summed E-state index contributed by atoms with van der Waals surface area (Å²) < 4.78 is 4.98. The number of carbonyl (C=O) groups is 2. The monoisotopic (exact) mass is 317 g/mol. The molecule has 0 heterocycles. The van der Waals surface area contributed by atoms with Crippen LogP contribution in [-0.2, 0) is 9.53 Å². The summed E-state index contributed by atoms with van der Waals surface area (Å²) in [4.78, 5) is 23.6. The summed E-state index contributed by atoms with van der Waals surface area (Å²) in [5.41, 5.74) is 3.05. The maximum atomic E-state index is 11.9. The van der Waals surface area contributed by atoms with Crippen LogP contribution in [0.3, 0.4) is 0 Å². The highest BCUT2D eigenvalue weighted by atomic mass is 35.5. The lowest BCUT2D eigenvalue weighted by atomic mass is 10.1. The van der Waals surface area contributed by atoms with E-state index in [-0.39, 0.29) is 12.5 Å². The molecule has 0 aliphatic carbocycles. The highest BCUT2D eigenvalue weighted by Gasteiger charge is 2.11. The SMILES string of the molecule is Cc1ccc(C)c(NC(=O)COC(=O)c2ccc(Cl)cc2)c1. The van der Waals surface area contributed by atoms with Gasteiger partial charge in [0.25, 0.3) is 5.91 Å². The first-order valence-electron chi connectivity index (χ1n) is 6.75. The minimum absolute atomic E-state index is 0.338. The Morgan fingerprint density at radius 2 is 1.77 bits per heavy atom. The van der Waals surface area contributed by atoms with Gasteiger partial charge in [0.15, 0.2) is 6.61 Å². The molecule has 0 unspecified atom stereocenters. The molecule has 5 heteroatoms. The van der Waals surface area contributed by atoms with Crippen molar-refractivity contribution in [3.05, 3.63) is 64.2 Å². The molecule has 0 fully saturated rings. The number of benzene rings is 2. The van der Waals surface area contributed by atoms with Gasteiger partial charge in [-0.15, -0.1) is 0 Å². The van der Waals surface area contributed by atoms with E-state index in [1.165, 1.54) is 0 Å². The largest absolute Gasteiger partial charge is 0.452 e. The van der Waals surface area contributed by atoms with E-state index >= 15 is 0 Å². The highest BCUT2D eigenvalue weighted by Crippen LogP contribution is 2.16. The Morgan fingerprint density at radius 1 is 1.09 bits per heavy atom. The van der Waals surface area contributed by atoms with Crippen molar-refractivity contribution in [2.45, 2.75) is 13.8 Å². The topological polar surface area (TPSA) is 55.4 Å². The molecule has 22 heavy (non-hydrogen) atoms. The third-order valence-electron chi connectivity index (χ3n) is 3.08. The molecule has 2 aromatic rings. The van der Waals surface area contributed by atoms with E-state index in [0.717, 1.165) is 11.1 Å². The number of rotatable bonds is 4. The van der Waals surface area contributed by atoms with E-state index in [9.17, 15) is 9.59 Å². The van der Waals surface area contributed by atoms with Crippen molar-refractivity contribution < 1.29 is 14.3 Å². The van der Waals surface area contributed by atoms with Crippen LogP contribution in [0.25, 0.3) is 0 Å². The minimum Gasteiger partial charge on any atom is -0.452 e. The fourth-order valence-electron chi connectivity index (χ4n) is 1.86. The molecule has 0 saturated heterocycles. The lowest BCUT2D eigenvalue weighted by Gasteiger charge is -2.10. The van der Waals surface area contributed by atoms with Crippen LogP contribution in [0.1, 0.15) is 21.5 Å². The summed E-state index contributed by atoms with van der Waals surface area (Å²) in [5.74, 6) is -0.941. The Kier molecular flexibility index (Phi) is 5.17. The molecule has 2 aromatic carbocycles. The number of carbonyl (C=O) groups excluding carboxylic acids is 2. The third kappa shape index (κ3) is 4.33. The van der Waals surface area contributed by atoms with E-state index in [4.69, 9.17) is 16.3 Å². The van der Waals surface area contributed by atoms with Crippen molar-refractivity contribution in [2.75, 3.05) is 11.9 Å². The molecule has 1 N–H and O–H groups in total. The zero-order valence-electron chi connectivity index (χ0n) is 12.4. The third-order valence-corrected chi connectivity index (χ3v) is 3.33. The number of nitrogens with one attached hydrogen (secondary N) is 1. The maximum absolute atomic E-state index is 11.9. The molecule has 2 rings (SSSR count). The fourth-order valence-corrected chi connectivity index (χ4v) is 1.98. The number of aryl methyl sites for hydroxylation is 2. The first kappa shape index (κ1) is 16.0. The van der Waals surface area contributed by atoms with Gasteiger partial charge in [-0.05, 0) is 55.3 Å². The predicted octanol–water partition coefficient (Wildman–Crippen LogP) is 3.75. The first-order chi connectivity index (χ1) is 10.5. The standard InChI is InChI=1S/C17H16ClNO3/c1-11-3-4-12(2)15(9-11)19-16(20)10-22-17(21)13-5-7-14(18)8-6-13/h3-9H,10H2,1-2H3,(H,19,20). The molecule has 0 saturated carbocycles. The first-order valence-corrected chi connectivity index (χ1v) is 7.13. The molecule has 4 nitrogen and oxygen atoms in total. The Bertz CT molecular complexity index is 696. The number of hydrogen-bond acceptors (Lipinski definition) is 3. The van der Waals surface area contributed by atoms with Gasteiger partial charge in [0.1, 0.15) is 0 Å². The van der Waals surface area contributed by atoms with Crippen LogP contribution in [0.15, 0.2) is 42.5 Å². The second kappa shape index (κ2) is 7.09. The zero-order chi connectivity index (χ0) is 16.1. The summed E-state index contributed by atoms with van der Waals surface area (Å²) in [5, 5.41) is 3.26. The van der Waals surface area contributed by atoms with Crippen LogP contribution in [-0.4, -0.2) is 18.5 Å². The van der Waals surface area contributed by atoms with Gasteiger partial charge in [-0.1, -0.05) is 23.7 Å². The lowest BCUT2D eigenvalue weighted by Crippen LogP contribution is -2.21. The molecular formula is C17H16ClNO3. The molecule has 0 radical (unpaired) electrons. The van der Waals surface area contributed by atoms with Crippen LogP contribution in [0, 0.1) is 13.8 Å². The highest BCUT2D eigenvalue weighted by molar-refractivity contribution is 6.30. The molecule has 1 amide bonds. The van der Waals surface area contributed by atoms with Crippen molar-refractivity contribution in [1.29, 1.82) is 0 Å². The van der Waals surface area contributed by atoms with Crippen molar-refractivity contribution in [1.82, 2.24) is 0 Å². The smallest absolute Gasteiger partial charge is 0.338 e. The van der Waals surface area contributed by atoms with Crippen molar-refractivity contribution in [3.63, 3.8) is 0 Å². The minimum atomic E-state index is -0.562. The van der Waals surface area contributed by atoms with E-state index in [1.54, 1.807) is 24.3 Å². The average molecular weight is 318 g/mol. The number of halogens is 1. The molecular weight excluding hydrogens is 302 g/mol. The van der Waals surface area contributed by atoms with Crippen LogP contribution in [0.5, 0.6) is 0 Å².